The highest BCUT2D eigenvalue weighted by molar-refractivity contribution is 7.91. The number of anilines is 1. The molecule has 1 amide bonds. The largest absolute Gasteiger partial charge is 0.307 e. The van der Waals surface area contributed by atoms with Crippen molar-refractivity contribution in [2.24, 2.45) is 0 Å². The van der Waals surface area contributed by atoms with Gasteiger partial charge >= 0.3 is 0 Å². The van der Waals surface area contributed by atoms with E-state index in [0.717, 1.165) is 23.2 Å². The van der Waals surface area contributed by atoms with Gasteiger partial charge in [0.2, 0.25) is 9.84 Å². The third-order valence-corrected chi connectivity index (χ3v) is 7.48. The van der Waals surface area contributed by atoms with Gasteiger partial charge in [-0.2, -0.15) is 0 Å². The molecule has 0 bridgehead atoms. The molecule has 5 rings (SSSR count). The maximum absolute atomic E-state index is 13.2. The van der Waals surface area contributed by atoms with Crippen LogP contribution in [-0.2, 0) is 16.3 Å². The minimum atomic E-state index is -3.87. The van der Waals surface area contributed by atoms with E-state index < -0.39 is 9.84 Å². The molecule has 0 fully saturated rings. The van der Waals surface area contributed by atoms with Gasteiger partial charge in [-0.1, -0.05) is 30.3 Å². The van der Waals surface area contributed by atoms with E-state index in [1.165, 1.54) is 24.3 Å². The van der Waals surface area contributed by atoms with Crippen LogP contribution in [0.1, 0.15) is 37.4 Å². The molecule has 0 unspecified atom stereocenters. The zero-order valence-electron chi connectivity index (χ0n) is 15.7. The molecule has 3 aromatic rings. The van der Waals surface area contributed by atoms with Gasteiger partial charge in [-0.25, -0.2) is 8.42 Å². The summed E-state index contributed by atoms with van der Waals surface area (Å²) in [6.07, 6.45) is 0.762. The minimum Gasteiger partial charge on any atom is -0.307 e. The number of carbonyl (C=O) groups excluding carboxylic acids is 2. The van der Waals surface area contributed by atoms with Crippen LogP contribution < -0.4 is 4.90 Å². The van der Waals surface area contributed by atoms with Gasteiger partial charge < -0.3 is 4.90 Å². The topological polar surface area (TPSA) is 71.5 Å². The number of ketones is 1. The molecule has 0 saturated heterocycles. The van der Waals surface area contributed by atoms with Crippen LogP contribution in [0.4, 0.5) is 5.69 Å². The van der Waals surface area contributed by atoms with Crippen molar-refractivity contribution in [3.63, 3.8) is 0 Å². The number of aryl methyl sites for hydroxylation is 1. The van der Waals surface area contributed by atoms with Crippen molar-refractivity contribution in [1.29, 1.82) is 0 Å². The molecular formula is C23H17NO4S. The molecule has 2 aliphatic heterocycles. The Morgan fingerprint density at radius 3 is 2.52 bits per heavy atom. The molecule has 3 aromatic carbocycles. The van der Waals surface area contributed by atoms with E-state index in [-0.39, 0.29) is 38.2 Å². The Bertz CT molecular complexity index is 1320. The number of para-hydroxylation sites is 1. The number of carbonyl (C=O) groups is 2. The fourth-order valence-electron chi connectivity index (χ4n) is 4.23. The number of hydrogen-bond acceptors (Lipinski definition) is 4. The van der Waals surface area contributed by atoms with Crippen molar-refractivity contribution in [2.75, 3.05) is 11.4 Å². The number of rotatable bonds is 1. The highest BCUT2D eigenvalue weighted by atomic mass is 32.2. The lowest BCUT2D eigenvalue weighted by Gasteiger charge is -2.22. The van der Waals surface area contributed by atoms with E-state index >= 15 is 0 Å². The van der Waals surface area contributed by atoms with E-state index in [1.807, 2.05) is 25.1 Å². The standard InChI is InChI=1S/C23H17NO4S/c1-14-5-4-6-15-11-12-24(21(14)15)23(26)16-9-10-18-20(13-16)29(27,28)19-8-3-2-7-17(19)22(18)25/h2-10,13H,11-12H2,1H3. The summed E-state index contributed by atoms with van der Waals surface area (Å²) in [6, 6.07) is 16.4. The Kier molecular flexibility index (Phi) is 3.76. The fourth-order valence-corrected chi connectivity index (χ4v) is 5.91. The van der Waals surface area contributed by atoms with E-state index in [1.54, 1.807) is 23.1 Å². The van der Waals surface area contributed by atoms with Gasteiger partial charge in [0, 0.05) is 23.2 Å². The fraction of sp³-hybridized carbons (Fsp3) is 0.130. The summed E-state index contributed by atoms with van der Waals surface area (Å²) >= 11 is 0. The van der Waals surface area contributed by atoms with Crippen molar-refractivity contribution >= 4 is 27.2 Å². The lowest BCUT2D eigenvalue weighted by molar-refractivity contribution is 0.0985. The first-order valence-electron chi connectivity index (χ1n) is 9.33. The second-order valence-electron chi connectivity index (χ2n) is 7.33. The molecule has 0 atom stereocenters. The van der Waals surface area contributed by atoms with Crippen molar-refractivity contribution in [3.05, 3.63) is 88.5 Å². The summed E-state index contributed by atoms with van der Waals surface area (Å²) in [6.45, 7) is 2.50. The molecule has 2 heterocycles. The summed E-state index contributed by atoms with van der Waals surface area (Å²) < 4.78 is 26.2. The summed E-state index contributed by atoms with van der Waals surface area (Å²) in [5.74, 6) is -0.603. The normalized spacial score (nSPS) is 16.2. The number of benzene rings is 3. The van der Waals surface area contributed by atoms with Crippen LogP contribution in [0.15, 0.2) is 70.5 Å². The first-order valence-corrected chi connectivity index (χ1v) is 10.8. The van der Waals surface area contributed by atoms with E-state index in [9.17, 15) is 18.0 Å². The Morgan fingerprint density at radius 1 is 0.931 bits per heavy atom. The molecule has 0 aromatic heterocycles. The van der Waals surface area contributed by atoms with Crippen molar-refractivity contribution in [1.82, 2.24) is 0 Å². The Labute approximate surface area is 168 Å². The Morgan fingerprint density at radius 2 is 1.69 bits per heavy atom. The average Bonchev–Trinajstić information content (AvgIpc) is 3.17. The quantitative estimate of drug-likeness (QED) is 0.487. The molecule has 5 nitrogen and oxygen atoms in total. The van der Waals surface area contributed by atoms with Gasteiger partial charge in [-0.05, 0) is 54.8 Å². The highest BCUT2D eigenvalue weighted by Gasteiger charge is 2.36. The van der Waals surface area contributed by atoms with Crippen LogP contribution in [0, 0.1) is 6.92 Å². The lowest BCUT2D eigenvalue weighted by Crippen LogP contribution is -2.30. The third kappa shape index (κ3) is 2.49. The first-order chi connectivity index (χ1) is 13.9. The number of sulfone groups is 1. The average molecular weight is 403 g/mol. The van der Waals surface area contributed by atoms with Gasteiger partial charge in [0.05, 0.1) is 15.5 Å². The zero-order valence-corrected chi connectivity index (χ0v) is 16.5. The van der Waals surface area contributed by atoms with Crippen LogP contribution in [-0.4, -0.2) is 26.7 Å². The van der Waals surface area contributed by atoms with Crippen LogP contribution in [0.25, 0.3) is 0 Å². The van der Waals surface area contributed by atoms with Gasteiger partial charge in [-0.15, -0.1) is 0 Å². The molecular weight excluding hydrogens is 386 g/mol. The van der Waals surface area contributed by atoms with Gasteiger partial charge in [0.1, 0.15) is 0 Å². The second-order valence-corrected chi connectivity index (χ2v) is 9.22. The molecule has 0 aliphatic carbocycles. The number of nitrogens with zero attached hydrogens (tertiary/aromatic N) is 1. The minimum absolute atomic E-state index is 0.00976. The van der Waals surface area contributed by atoms with Gasteiger partial charge in [0.15, 0.2) is 5.78 Å². The predicted molar refractivity (Wildman–Crippen MR) is 108 cm³/mol. The predicted octanol–water partition coefficient (Wildman–Crippen LogP) is 3.58. The molecule has 0 radical (unpaired) electrons. The maximum atomic E-state index is 13.2. The highest BCUT2D eigenvalue weighted by Crippen LogP contribution is 2.36. The maximum Gasteiger partial charge on any atom is 0.258 e. The van der Waals surface area contributed by atoms with Crippen LogP contribution in [0.3, 0.4) is 0 Å². The van der Waals surface area contributed by atoms with Crippen molar-refractivity contribution in [3.8, 4) is 0 Å². The summed E-state index contributed by atoms with van der Waals surface area (Å²) in [4.78, 5) is 27.6. The van der Waals surface area contributed by atoms with Gasteiger partial charge in [-0.3, -0.25) is 9.59 Å². The molecule has 6 heteroatoms. The first kappa shape index (κ1) is 17.8. The Balaban J connectivity index is 1.62. The summed E-state index contributed by atoms with van der Waals surface area (Å²) in [5, 5.41) is 0. The molecule has 29 heavy (non-hydrogen) atoms. The van der Waals surface area contributed by atoms with Crippen molar-refractivity contribution in [2.45, 2.75) is 23.1 Å². The Hall–Kier alpha value is -3.25. The smallest absolute Gasteiger partial charge is 0.258 e. The zero-order chi connectivity index (χ0) is 20.3. The van der Waals surface area contributed by atoms with Gasteiger partial charge in [0.25, 0.3) is 5.91 Å². The van der Waals surface area contributed by atoms with Crippen LogP contribution in [0.2, 0.25) is 0 Å². The molecule has 144 valence electrons. The van der Waals surface area contributed by atoms with Crippen LogP contribution >= 0.6 is 0 Å². The molecule has 2 aliphatic rings. The van der Waals surface area contributed by atoms with Crippen molar-refractivity contribution < 1.29 is 18.0 Å². The SMILES string of the molecule is Cc1cccc2c1N(C(=O)c1ccc3c(c1)S(=O)(=O)c1ccccc1C3=O)CC2. The van der Waals surface area contributed by atoms with E-state index in [4.69, 9.17) is 0 Å². The summed E-state index contributed by atoms with van der Waals surface area (Å²) in [7, 11) is -3.87. The number of hydrogen-bond donors (Lipinski definition) is 0. The molecule has 0 spiro atoms. The third-order valence-electron chi connectivity index (χ3n) is 5.63. The second kappa shape index (κ2) is 6.12. The molecule has 0 N–H and O–H groups in total. The summed E-state index contributed by atoms with van der Waals surface area (Å²) in [5.41, 5.74) is 3.53. The number of amides is 1. The number of fused-ring (bicyclic) bond motifs is 3. The lowest BCUT2D eigenvalue weighted by atomic mass is 10.0. The van der Waals surface area contributed by atoms with Crippen LogP contribution in [0.5, 0.6) is 0 Å². The molecule has 0 saturated carbocycles. The monoisotopic (exact) mass is 403 g/mol. The van der Waals surface area contributed by atoms with E-state index in [0.29, 0.717) is 6.54 Å². The van der Waals surface area contributed by atoms with E-state index in [2.05, 4.69) is 0 Å².